The molecule has 4 aromatic rings. The second-order valence-electron chi connectivity index (χ2n) is 8.96. The molecule has 0 unspecified atom stereocenters. The summed E-state index contributed by atoms with van der Waals surface area (Å²) in [7, 11) is 4.10. The van der Waals surface area contributed by atoms with Gasteiger partial charge in [-0.25, -0.2) is 9.97 Å². The Hall–Kier alpha value is -4.16. The van der Waals surface area contributed by atoms with Gasteiger partial charge in [-0.1, -0.05) is 17.9 Å². The van der Waals surface area contributed by atoms with E-state index in [0.29, 0.717) is 5.56 Å². The molecule has 0 atom stereocenters. The third-order valence-electron chi connectivity index (χ3n) is 5.80. The van der Waals surface area contributed by atoms with E-state index in [2.05, 4.69) is 36.6 Å². The largest absolute Gasteiger partial charge is 0.416 e. The molecule has 190 valence electrons. The molecule has 0 aliphatic carbocycles. The van der Waals surface area contributed by atoms with Crippen LogP contribution >= 0.6 is 0 Å². The van der Waals surface area contributed by atoms with Crippen LogP contribution in [0.25, 0.3) is 11.0 Å². The molecule has 1 N–H and O–H groups in total. The van der Waals surface area contributed by atoms with Crippen molar-refractivity contribution in [2.24, 2.45) is 0 Å². The fraction of sp³-hybridized carbons (Fsp3) is 0.250. The summed E-state index contributed by atoms with van der Waals surface area (Å²) < 4.78 is 41.0. The number of benzene rings is 2. The summed E-state index contributed by atoms with van der Waals surface area (Å²) in [6, 6.07) is 12.5. The van der Waals surface area contributed by atoms with Crippen LogP contribution in [0.5, 0.6) is 0 Å². The first kappa shape index (κ1) is 25.9. The first-order chi connectivity index (χ1) is 17.6. The quantitative estimate of drug-likeness (QED) is 0.358. The predicted octanol–water partition coefficient (Wildman–Crippen LogP) is 5.36. The number of carbonyl (C=O) groups excluding carboxylic acids is 1. The van der Waals surface area contributed by atoms with Gasteiger partial charge in [0.15, 0.2) is 0 Å². The molecule has 2 heterocycles. The van der Waals surface area contributed by atoms with Gasteiger partial charge >= 0.3 is 6.18 Å². The number of aromatic nitrogens is 3. The highest BCUT2D eigenvalue weighted by atomic mass is 19.4. The number of pyridine rings is 1. The van der Waals surface area contributed by atoms with E-state index in [-0.39, 0.29) is 11.4 Å². The molecule has 0 spiro atoms. The first-order valence-electron chi connectivity index (χ1n) is 11.7. The number of anilines is 1. The van der Waals surface area contributed by atoms with Gasteiger partial charge in [0.05, 0.1) is 22.9 Å². The van der Waals surface area contributed by atoms with Gasteiger partial charge in [-0.2, -0.15) is 13.2 Å². The summed E-state index contributed by atoms with van der Waals surface area (Å²) in [5, 5.41) is 2.42. The maximum Gasteiger partial charge on any atom is 0.416 e. The summed E-state index contributed by atoms with van der Waals surface area (Å²) in [6.07, 6.45) is -0.660. The van der Waals surface area contributed by atoms with Crippen molar-refractivity contribution in [2.45, 2.75) is 26.1 Å². The summed E-state index contributed by atoms with van der Waals surface area (Å²) in [6.45, 7) is 3.75. The third-order valence-corrected chi connectivity index (χ3v) is 5.80. The zero-order valence-electron chi connectivity index (χ0n) is 20.7. The smallest absolute Gasteiger partial charge is 0.331 e. The number of nitrogens with zero attached hydrogens (tertiary/aromatic N) is 4. The fourth-order valence-electron chi connectivity index (χ4n) is 3.78. The Labute approximate surface area is 213 Å². The molecule has 9 heteroatoms. The minimum atomic E-state index is -4.53. The Kier molecular flexibility index (Phi) is 7.60. The molecule has 2 aromatic heterocycles. The van der Waals surface area contributed by atoms with Crippen LogP contribution in [0.2, 0.25) is 0 Å². The summed E-state index contributed by atoms with van der Waals surface area (Å²) in [5.41, 5.74) is 3.57. The molecule has 0 saturated heterocycles. The zero-order chi connectivity index (χ0) is 26.6. The lowest BCUT2D eigenvalue weighted by Crippen LogP contribution is -2.14. The van der Waals surface area contributed by atoms with Gasteiger partial charge in [-0.05, 0) is 82.0 Å². The van der Waals surface area contributed by atoms with Crippen LogP contribution in [0.4, 0.5) is 19.0 Å². The van der Waals surface area contributed by atoms with Gasteiger partial charge in [0.1, 0.15) is 5.82 Å². The number of carbonyl (C=O) groups is 1. The van der Waals surface area contributed by atoms with Gasteiger partial charge in [0, 0.05) is 29.4 Å². The molecule has 0 saturated carbocycles. The molecule has 37 heavy (non-hydrogen) atoms. The molecule has 2 aromatic carbocycles. The predicted molar refractivity (Wildman–Crippen MR) is 137 cm³/mol. The van der Waals surface area contributed by atoms with E-state index in [1.54, 1.807) is 18.2 Å². The number of fused-ring (bicyclic) bond motifs is 1. The van der Waals surface area contributed by atoms with Crippen molar-refractivity contribution in [1.29, 1.82) is 0 Å². The Morgan fingerprint density at radius 2 is 1.86 bits per heavy atom. The maximum atomic E-state index is 13.0. The van der Waals surface area contributed by atoms with Gasteiger partial charge in [0.25, 0.3) is 5.91 Å². The SMILES string of the molecule is Cc1ccc(C(=O)Nc2cc(C(F)(F)F)ccn2)cc1C#Cc1ccc2c(c1)ncn2CCCN(C)C. The molecule has 0 bridgehead atoms. The number of hydrogen-bond donors (Lipinski definition) is 1. The standard InChI is InChI=1S/C28H26F3N5O/c1-19-5-8-22(27(37)34-26-17-23(11-12-32-26)28(29,30)31)16-21(19)9-6-20-7-10-25-24(15-20)33-18-36(25)14-4-13-35(2)3/h5,7-8,10-12,15-18H,4,13-14H2,1-3H3,(H,32,34,37). The second kappa shape index (κ2) is 10.8. The minimum Gasteiger partial charge on any atom is -0.331 e. The van der Waals surface area contributed by atoms with E-state index < -0.39 is 17.6 Å². The number of imidazole rings is 1. The van der Waals surface area contributed by atoms with E-state index in [1.807, 2.05) is 45.5 Å². The lowest BCUT2D eigenvalue weighted by Gasteiger charge is -2.10. The highest BCUT2D eigenvalue weighted by Crippen LogP contribution is 2.30. The van der Waals surface area contributed by atoms with Crippen molar-refractivity contribution < 1.29 is 18.0 Å². The lowest BCUT2D eigenvalue weighted by atomic mass is 10.0. The topological polar surface area (TPSA) is 63.1 Å². The van der Waals surface area contributed by atoms with Crippen molar-refractivity contribution in [3.63, 3.8) is 0 Å². The van der Waals surface area contributed by atoms with Crippen LogP contribution in [0, 0.1) is 18.8 Å². The van der Waals surface area contributed by atoms with Crippen LogP contribution in [-0.2, 0) is 12.7 Å². The van der Waals surface area contributed by atoms with E-state index in [9.17, 15) is 18.0 Å². The van der Waals surface area contributed by atoms with E-state index >= 15 is 0 Å². The van der Waals surface area contributed by atoms with E-state index in [0.717, 1.165) is 60.0 Å². The third kappa shape index (κ3) is 6.54. The van der Waals surface area contributed by atoms with Crippen molar-refractivity contribution in [3.8, 4) is 11.8 Å². The lowest BCUT2D eigenvalue weighted by molar-refractivity contribution is -0.137. The molecular weight excluding hydrogens is 479 g/mol. The molecule has 4 rings (SSSR count). The van der Waals surface area contributed by atoms with Crippen molar-refractivity contribution in [1.82, 2.24) is 19.4 Å². The number of aryl methyl sites for hydroxylation is 2. The first-order valence-corrected chi connectivity index (χ1v) is 11.7. The summed E-state index contributed by atoms with van der Waals surface area (Å²) in [5.74, 6) is 5.48. The highest BCUT2D eigenvalue weighted by molar-refractivity contribution is 6.04. The van der Waals surface area contributed by atoms with Crippen molar-refractivity contribution >= 4 is 22.8 Å². The summed E-state index contributed by atoms with van der Waals surface area (Å²) in [4.78, 5) is 23.1. The second-order valence-corrected chi connectivity index (χ2v) is 8.96. The van der Waals surface area contributed by atoms with Crippen molar-refractivity contribution in [2.75, 3.05) is 26.0 Å². The average molecular weight is 506 g/mol. The van der Waals surface area contributed by atoms with Gasteiger partial charge in [-0.3, -0.25) is 4.79 Å². The summed E-state index contributed by atoms with van der Waals surface area (Å²) >= 11 is 0. The molecule has 0 aliphatic heterocycles. The van der Waals surface area contributed by atoms with Crippen LogP contribution in [0.3, 0.4) is 0 Å². The Morgan fingerprint density at radius 3 is 2.62 bits per heavy atom. The molecule has 1 amide bonds. The maximum absolute atomic E-state index is 13.0. The average Bonchev–Trinajstić information content (AvgIpc) is 3.25. The van der Waals surface area contributed by atoms with Gasteiger partial charge < -0.3 is 14.8 Å². The van der Waals surface area contributed by atoms with E-state index in [1.165, 1.54) is 0 Å². The molecule has 0 fully saturated rings. The Morgan fingerprint density at radius 1 is 1.05 bits per heavy atom. The number of amides is 1. The highest BCUT2D eigenvalue weighted by Gasteiger charge is 2.30. The van der Waals surface area contributed by atoms with Crippen molar-refractivity contribution in [3.05, 3.63) is 88.9 Å². The molecular formula is C28H26F3N5O. The fourth-order valence-corrected chi connectivity index (χ4v) is 3.78. The Bertz CT molecular complexity index is 1500. The van der Waals surface area contributed by atoms with E-state index in [4.69, 9.17) is 0 Å². The molecule has 0 radical (unpaired) electrons. The van der Waals surface area contributed by atoms with Gasteiger partial charge in [-0.15, -0.1) is 0 Å². The van der Waals surface area contributed by atoms with Crippen LogP contribution in [0.1, 0.15) is 39.0 Å². The van der Waals surface area contributed by atoms with Crippen LogP contribution in [0.15, 0.2) is 61.1 Å². The normalized spacial score (nSPS) is 11.4. The van der Waals surface area contributed by atoms with Crippen LogP contribution in [-0.4, -0.2) is 46.0 Å². The van der Waals surface area contributed by atoms with Crippen LogP contribution < -0.4 is 5.32 Å². The number of rotatable bonds is 6. The number of hydrogen-bond acceptors (Lipinski definition) is 4. The number of halogens is 3. The Balaban J connectivity index is 1.51. The monoisotopic (exact) mass is 505 g/mol. The number of alkyl halides is 3. The zero-order valence-corrected chi connectivity index (χ0v) is 20.7. The number of nitrogens with one attached hydrogen (secondary N) is 1. The minimum absolute atomic E-state index is 0.178. The molecule has 6 nitrogen and oxygen atoms in total. The van der Waals surface area contributed by atoms with Gasteiger partial charge in [0.2, 0.25) is 0 Å². The molecule has 0 aliphatic rings.